The maximum absolute atomic E-state index is 12.1. The van der Waals surface area contributed by atoms with Gasteiger partial charge in [-0.05, 0) is 54.4 Å². The Labute approximate surface area is 139 Å². The molecule has 24 heavy (non-hydrogen) atoms. The highest BCUT2D eigenvalue weighted by Gasteiger charge is 2.10. The number of furan rings is 1. The van der Waals surface area contributed by atoms with E-state index >= 15 is 0 Å². The number of hydrogen-bond acceptors (Lipinski definition) is 4. The Hall–Kier alpha value is -3.08. The van der Waals surface area contributed by atoms with Gasteiger partial charge in [0.25, 0.3) is 5.91 Å². The number of carbonyl (C=O) groups excluding carboxylic acids is 1. The zero-order valence-electron chi connectivity index (χ0n) is 13.8. The zero-order valence-corrected chi connectivity index (χ0v) is 13.8. The Morgan fingerprint density at radius 3 is 2.58 bits per heavy atom. The van der Waals surface area contributed by atoms with E-state index in [2.05, 4.69) is 10.5 Å². The first-order valence-electron chi connectivity index (χ1n) is 7.55. The molecule has 5 heteroatoms. The molecule has 0 spiro atoms. The second-order valence-corrected chi connectivity index (χ2v) is 5.46. The monoisotopic (exact) mass is 322 g/mol. The van der Waals surface area contributed by atoms with Gasteiger partial charge in [0, 0.05) is 0 Å². The van der Waals surface area contributed by atoms with Gasteiger partial charge in [0.15, 0.2) is 0 Å². The summed E-state index contributed by atoms with van der Waals surface area (Å²) < 4.78 is 10.4. The second-order valence-electron chi connectivity index (χ2n) is 5.46. The van der Waals surface area contributed by atoms with Crippen LogP contribution in [0.2, 0.25) is 0 Å². The molecule has 1 amide bonds. The van der Waals surface area contributed by atoms with Gasteiger partial charge in [0.2, 0.25) is 0 Å². The molecular weight excluding hydrogens is 304 g/mol. The fourth-order valence-corrected chi connectivity index (χ4v) is 2.46. The summed E-state index contributed by atoms with van der Waals surface area (Å²) in [6.45, 7) is 3.59. The molecule has 1 heterocycles. The van der Waals surface area contributed by atoms with E-state index in [1.165, 1.54) is 6.26 Å². The summed E-state index contributed by atoms with van der Waals surface area (Å²) in [6, 6.07) is 13.5. The van der Waals surface area contributed by atoms with Crippen molar-refractivity contribution in [3.63, 3.8) is 0 Å². The molecule has 0 aliphatic carbocycles. The SMILES string of the molecule is COc1ccc2cc(/C(C)=N\NC(=O)c3ccoc3C)ccc2c1. The molecule has 0 fully saturated rings. The molecule has 3 aromatic rings. The van der Waals surface area contributed by atoms with Crippen molar-refractivity contribution in [2.75, 3.05) is 7.11 Å². The van der Waals surface area contributed by atoms with E-state index in [1.807, 2.05) is 43.3 Å². The summed E-state index contributed by atoms with van der Waals surface area (Å²) >= 11 is 0. The smallest absolute Gasteiger partial charge is 0.274 e. The van der Waals surface area contributed by atoms with Gasteiger partial charge in [-0.1, -0.05) is 18.2 Å². The molecule has 0 aliphatic heterocycles. The third-order valence-corrected chi connectivity index (χ3v) is 3.89. The van der Waals surface area contributed by atoms with E-state index < -0.39 is 0 Å². The lowest BCUT2D eigenvalue weighted by Gasteiger charge is -2.06. The molecule has 122 valence electrons. The first kappa shape index (κ1) is 15.8. The molecule has 2 aromatic carbocycles. The normalized spacial score (nSPS) is 11.5. The number of amides is 1. The number of nitrogens with one attached hydrogen (secondary N) is 1. The van der Waals surface area contributed by atoms with Gasteiger partial charge in [0.1, 0.15) is 11.5 Å². The Balaban J connectivity index is 1.81. The number of methoxy groups -OCH3 is 1. The summed E-state index contributed by atoms with van der Waals surface area (Å²) in [6.07, 6.45) is 1.48. The maximum Gasteiger partial charge on any atom is 0.274 e. The highest BCUT2D eigenvalue weighted by atomic mass is 16.5. The van der Waals surface area contributed by atoms with Crippen molar-refractivity contribution in [2.45, 2.75) is 13.8 Å². The van der Waals surface area contributed by atoms with Crippen LogP contribution >= 0.6 is 0 Å². The van der Waals surface area contributed by atoms with Gasteiger partial charge < -0.3 is 9.15 Å². The maximum atomic E-state index is 12.1. The predicted molar refractivity (Wildman–Crippen MR) is 93.6 cm³/mol. The van der Waals surface area contributed by atoms with Gasteiger partial charge in [-0.15, -0.1) is 0 Å². The number of rotatable bonds is 4. The standard InChI is InChI=1S/C19H18N2O3/c1-12(20-21-19(22)18-8-9-24-13(18)2)14-4-5-16-11-17(23-3)7-6-15(16)10-14/h4-11H,1-3H3,(H,21,22)/b20-12-. The van der Waals surface area contributed by atoms with Gasteiger partial charge in [-0.3, -0.25) is 4.79 Å². The first-order chi connectivity index (χ1) is 11.6. The number of aryl methyl sites for hydroxylation is 1. The Kier molecular flexibility index (Phi) is 4.33. The molecule has 0 atom stereocenters. The summed E-state index contributed by atoms with van der Waals surface area (Å²) in [7, 11) is 1.65. The fourth-order valence-electron chi connectivity index (χ4n) is 2.46. The molecule has 0 bridgehead atoms. The molecule has 1 aromatic heterocycles. The lowest BCUT2D eigenvalue weighted by Crippen LogP contribution is -2.19. The van der Waals surface area contributed by atoms with E-state index in [1.54, 1.807) is 20.1 Å². The summed E-state index contributed by atoms with van der Waals surface area (Å²) in [5.74, 6) is 1.11. The highest BCUT2D eigenvalue weighted by molar-refractivity contribution is 6.03. The number of ether oxygens (including phenoxy) is 1. The summed E-state index contributed by atoms with van der Waals surface area (Å²) in [5.41, 5.74) is 4.71. The van der Waals surface area contributed by atoms with Crippen molar-refractivity contribution in [1.82, 2.24) is 5.43 Å². The van der Waals surface area contributed by atoms with E-state index in [4.69, 9.17) is 9.15 Å². The molecular formula is C19H18N2O3. The van der Waals surface area contributed by atoms with Crippen LogP contribution in [0.25, 0.3) is 10.8 Å². The molecule has 0 saturated carbocycles. The Morgan fingerprint density at radius 2 is 1.88 bits per heavy atom. The van der Waals surface area contributed by atoms with Crippen molar-refractivity contribution in [3.05, 3.63) is 65.6 Å². The van der Waals surface area contributed by atoms with Crippen molar-refractivity contribution in [3.8, 4) is 5.75 Å². The molecule has 0 saturated heterocycles. The van der Waals surface area contributed by atoms with E-state index in [-0.39, 0.29) is 5.91 Å². The lowest BCUT2D eigenvalue weighted by molar-refractivity contribution is 0.0953. The van der Waals surface area contributed by atoms with Crippen LogP contribution in [0.15, 0.2) is 58.2 Å². The average Bonchev–Trinajstić information content (AvgIpc) is 3.04. The van der Waals surface area contributed by atoms with Crippen LogP contribution in [0.4, 0.5) is 0 Å². The minimum atomic E-state index is -0.286. The average molecular weight is 322 g/mol. The van der Waals surface area contributed by atoms with E-state index in [9.17, 15) is 4.79 Å². The number of benzene rings is 2. The number of hydrogen-bond donors (Lipinski definition) is 1. The number of carbonyl (C=O) groups is 1. The summed E-state index contributed by atoms with van der Waals surface area (Å²) in [5, 5.41) is 6.35. The van der Waals surface area contributed by atoms with Crippen molar-refractivity contribution < 1.29 is 13.9 Å². The van der Waals surface area contributed by atoms with Crippen molar-refractivity contribution in [1.29, 1.82) is 0 Å². The van der Waals surface area contributed by atoms with E-state index in [0.717, 1.165) is 27.8 Å². The van der Waals surface area contributed by atoms with Crippen LogP contribution < -0.4 is 10.2 Å². The summed E-state index contributed by atoms with van der Waals surface area (Å²) in [4.78, 5) is 12.1. The zero-order chi connectivity index (χ0) is 17.1. The van der Waals surface area contributed by atoms with Crippen LogP contribution in [0.5, 0.6) is 5.75 Å². The third-order valence-electron chi connectivity index (χ3n) is 3.89. The van der Waals surface area contributed by atoms with Crippen molar-refractivity contribution in [2.24, 2.45) is 5.10 Å². The lowest BCUT2D eigenvalue weighted by atomic mass is 10.0. The molecule has 5 nitrogen and oxygen atoms in total. The quantitative estimate of drug-likeness (QED) is 0.585. The predicted octanol–water partition coefficient (Wildman–Crippen LogP) is 3.90. The minimum Gasteiger partial charge on any atom is -0.497 e. The number of nitrogens with zero attached hydrogens (tertiary/aromatic N) is 1. The molecule has 0 unspecified atom stereocenters. The van der Waals surface area contributed by atoms with Gasteiger partial charge in [-0.2, -0.15) is 5.10 Å². The highest BCUT2D eigenvalue weighted by Crippen LogP contribution is 2.22. The van der Waals surface area contributed by atoms with Gasteiger partial charge in [0.05, 0.1) is 24.6 Å². The van der Waals surface area contributed by atoms with Crippen LogP contribution in [0, 0.1) is 6.92 Å². The van der Waals surface area contributed by atoms with Crippen LogP contribution in [0.3, 0.4) is 0 Å². The Bertz CT molecular complexity index is 925. The minimum absolute atomic E-state index is 0.286. The molecule has 0 aliphatic rings. The van der Waals surface area contributed by atoms with Gasteiger partial charge >= 0.3 is 0 Å². The van der Waals surface area contributed by atoms with Crippen molar-refractivity contribution >= 4 is 22.4 Å². The van der Waals surface area contributed by atoms with Crippen LogP contribution in [-0.2, 0) is 0 Å². The van der Waals surface area contributed by atoms with E-state index in [0.29, 0.717) is 11.3 Å². The largest absolute Gasteiger partial charge is 0.497 e. The first-order valence-corrected chi connectivity index (χ1v) is 7.55. The topological polar surface area (TPSA) is 63.8 Å². The fraction of sp³-hybridized carbons (Fsp3) is 0.158. The number of hydrazone groups is 1. The second kappa shape index (κ2) is 6.58. The van der Waals surface area contributed by atoms with Gasteiger partial charge in [-0.25, -0.2) is 5.43 Å². The van der Waals surface area contributed by atoms with Crippen LogP contribution in [0.1, 0.15) is 28.6 Å². The Morgan fingerprint density at radius 1 is 1.12 bits per heavy atom. The molecule has 3 rings (SSSR count). The van der Waals surface area contributed by atoms with Crippen LogP contribution in [-0.4, -0.2) is 18.7 Å². The molecule has 1 N–H and O–H groups in total. The third kappa shape index (κ3) is 3.15. The number of fused-ring (bicyclic) bond motifs is 1. The molecule has 0 radical (unpaired) electrons.